The number of benzene rings is 2. The van der Waals surface area contributed by atoms with Crippen LogP contribution in [0, 0.1) is 25.2 Å². The van der Waals surface area contributed by atoms with Crippen LogP contribution in [-0.2, 0) is 12.5 Å². The van der Waals surface area contributed by atoms with Gasteiger partial charge in [-0.3, -0.25) is 0 Å². The van der Waals surface area contributed by atoms with Gasteiger partial charge < -0.3 is 4.74 Å². The first kappa shape index (κ1) is 14.4. The second kappa shape index (κ2) is 6.45. The Morgan fingerprint density at radius 3 is 2.40 bits per heavy atom. The van der Waals surface area contributed by atoms with Crippen molar-refractivity contribution in [2.75, 3.05) is 0 Å². The molecule has 20 heavy (non-hydrogen) atoms. The Bertz CT molecular complexity index is 635. The van der Waals surface area contributed by atoms with Crippen LogP contribution in [0.4, 0.5) is 0 Å². The molecule has 0 aromatic heterocycles. The summed E-state index contributed by atoms with van der Waals surface area (Å²) in [7, 11) is 0. The van der Waals surface area contributed by atoms with Crippen molar-refractivity contribution in [2.24, 2.45) is 0 Å². The van der Waals surface area contributed by atoms with E-state index in [9.17, 15) is 0 Å². The molecule has 102 valence electrons. The number of hydrogen-bond acceptors (Lipinski definition) is 2. The lowest BCUT2D eigenvalue weighted by Crippen LogP contribution is -2.01. The summed E-state index contributed by atoms with van der Waals surface area (Å²) in [6.45, 7) is 4.41. The highest BCUT2D eigenvalue weighted by atomic mass is 35.5. The number of rotatable bonds is 4. The van der Waals surface area contributed by atoms with E-state index in [1.807, 2.05) is 44.2 Å². The largest absolute Gasteiger partial charge is 0.488 e. The molecule has 0 fully saturated rings. The second-order valence-electron chi connectivity index (χ2n) is 4.75. The third kappa shape index (κ3) is 3.12. The Kier molecular flexibility index (Phi) is 4.65. The van der Waals surface area contributed by atoms with Crippen LogP contribution >= 0.6 is 11.6 Å². The molecule has 0 bridgehead atoms. The van der Waals surface area contributed by atoms with Gasteiger partial charge in [-0.15, -0.1) is 11.6 Å². The van der Waals surface area contributed by atoms with Crippen molar-refractivity contribution < 1.29 is 4.74 Å². The lowest BCUT2D eigenvalue weighted by Gasteiger charge is -2.14. The van der Waals surface area contributed by atoms with Crippen molar-refractivity contribution in [2.45, 2.75) is 26.3 Å². The molecule has 0 radical (unpaired) electrons. The molecule has 2 aromatic carbocycles. The molecule has 0 atom stereocenters. The Labute approximate surface area is 124 Å². The zero-order valence-electron chi connectivity index (χ0n) is 11.6. The summed E-state index contributed by atoms with van der Waals surface area (Å²) in [5.41, 5.74) is 4.77. The number of aryl methyl sites for hydroxylation is 2. The summed E-state index contributed by atoms with van der Waals surface area (Å²) in [5.74, 6) is 1.37. The van der Waals surface area contributed by atoms with Gasteiger partial charge in [-0.1, -0.05) is 30.3 Å². The highest BCUT2D eigenvalue weighted by molar-refractivity contribution is 6.17. The van der Waals surface area contributed by atoms with Gasteiger partial charge in [-0.2, -0.15) is 5.26 Å². The number of ether oxygens (including phenoxy) is 1. The van der Waals surface area contributed by atoms with Gasteiger partial charge in [0.15, 0.2) is 0 Å². The summed E-state index contributed by atoms with van der Waals surface area (Å²) >= 11 is 5.86. The van der Waals surface area contributed by atoms with Crippen LogP contribution in [0.5, 0.6) is 5.75 Å². The van der Waals surface area contributed by atoms with Crippen LogP contribution in [0.15, 0.2) is 36.4 Å². The van der Waals surface area contributed by atoms with Gasteiger partial charge in [0.25, 0.3) is 0 Å². The number of hydrogen-bond donors (Lipinski definition) is 0. The molecule has 0 aliphatic carbocycles. The van der Waals surface area contributed by atoms with Crippen LogP contribution in [-0.4, -0.2) is 0 Å². The van der Waals surface area contributed by atoms with Crippen LogP contribution in [0.2, 0.25) is 0 Å². The van der Waals surface area contributed by atoms with Crippen molar-refractivity contribution in [3.8, 4) is 11.8 Å². The van der Waals surface area contributed by atoms with Gasteiger partial charge in [0.05, 0.1) is 11.6 Å². The minimum atomic E-state index is 0.394. The van der Waals surface area contributed by atoms with E-state index in [0.717, 1.165) is 28.0 Å². The highest BCUT2D eigenvalue weighted by Gasteiger charge is 2.08. The number of nitriles is 1. The SMILES string of the molecule is Cc1cc(CCl)cc(C)c1OCc1ccccc1C#N. The zero-order chi connectivity index (χ0) is 14.5. The fraction of sp³-hybridized carbons (Fsp3) is 0.235. The molecule has 2 nitrogen and oxygen atoms in total. The standard InChI is InChI=1S/C17H16ClNO/c1-12-7-14(9-18)8-13(2)17(12)20-11-16-6-4-3-5-15(16)10-19/h3-8H,9,11H2,1-2H3. The van der Waals surface area contributed by atoms with Crippen LogP contribution in [0.3, 0.4) is 0 Å². The summed E-state index contributed by atoms with van der Waals surface area (Å²) in [4.78, 5) is 0. The van der Waals surface area contributed by atoms with Gasteiger partial charge in [0.2, 0.25) is 0 Å². The molecule has 0 unspecified atom stereocenters. The minimum absolute atomic E-state index is 0.394. The summed E-state index contributed by atoms with van der Waals surface area (Å²) in [6, 6.07) is 13.7. The Balaban J connectivity index is 2.22. The van der Waals surface area contributed by atoms with Crippen molar-refractivity contribution >= 4 is 11.6 Å². The Morgan fingerprint density at radius 2 is 1.80 bits per heavy atom. The molecule has 0 aliphatic heterocycles. The van der Waals surface area contributed by atoms with Gasteiger partial charge in [0, 0.05) is 11.4 Å². The minimum Gasteiger partial charge on any atom is -0.488 e. The van der Waals surface area contributed by atoms with Gasteiger partial charge in [-0.05, 0) is 36.6 Å². The number of halogens is 1. The lowest BCUT2D eigenvalue weighted by atomic mass is 10.1. The Morgan fingerprint density at radius 1 is 1.15 bits per heavy atom. The van der Waals surface area contributed by atoms with Crippen LogP contribution in [0.25, 0.3) is 0 Å². The van der Waals surface area contributed by atoms with E-state index in [-0.39, 0.29) is 0 Å². The normalized spacial score (nSPS) is 10.1. The van der Waals surface area contributed by atoms with E-state index in [4.69, 9.17) is 21.6 Å². The van der Waals surface area contributed by atoms with Gasteiger partial charge in [-0.25, -0.2) is 0 Å². The molecular weight excluding hydrogens is 270 g/mol. The third-order valence-corrected chi connectivity index (χ3v) is 3.49. The molecule has 0 saturated carbocycles. The first-order chi connectivity index (χ1) is 9.65. The first-order valence-corrected chi connectivity index (χ1v) is 6.96. The number of nitrogens with zero attached hydrogens (tertiary/aromatic N) is 1. The van der Waals surface area contributed by atoms with Crippen LogP contribution < -0.4 is 4.74 Å². The van der Waals surface area contributed by atoms with Crippen molar-refractivity contribution in [1.29, 1.82) is 5.26 Å². The van der Waals surface area contributed by atoms with E-state index < -0.39 is 0 Å². The maximum atomic E-state index is 9.07. The van der Waals surface area contributed by atoms with E-state index in [1.165, 1.54) is 0 Å². The maximum absolute atomic E-state index is 9.07. The summed E-state index contributed by atoms with van der Waals surface area (Å²) in [5, 5.41) is 9.07. The van der Waals surface area contributed by atoms with Gasteiger partial charge >= 0.3 is 0 Å². The average Bonchev–Trinajstić information content (AvgIpc) is 2.46. The average molecular weight is 286 g/mol. The first-order valence-electron chi connectivity index (χ1n) is 6.42. The lowest BCUT2D eigenvalue weighted by molar-refractivity contribution is 0.301. The van der Waals surface area contributed by atoms with Crippen molar-refractivity contribution in [1.82, 2.24) is 0 Å². The van der Waals surface area contributed by atoms with Crippen molar-refractivity contribution in [3.05, 3.63) is 64.2 Å². The molecule has 0 spiro atoms. The molecule has 0 aliphatic rings. The molecule has 0 amide bonds. The third-order valence-electron chi connectivity index (χ3n) is 3.18. The topological polar surface area (TPSA) is 33.0 Å². The molecule has 2 aromatic rings. The van der Waals surface area contributed by atoms with E-state index in [2.05, 4.69) is 6.07 Å². The zero-order valence-corrected chi connectivity index (χ0v) is 12.4. The van der Waals surface area contributed by atoms with Crippen molar-refractivity contribution in [3.63, 3.8) is 0 Å². The molecule has 0 saturated heterocycles. The highest BCUT2D eigenvalue weighted by Crippen LogP contribution is 2.26. The molecule has 0 heterocycles. The molecular formula is C17H16ClNO. The fourth-order valence-electron chi connectivity index (χ4n) is 2.25. The predicted molar refractivity (Wildman–Crippen MR) is 81.0 cm³/mol. The van der Waals surface area contributed by atoms with E-state index >= 15 is 0 Å². The summed E-state index contributed by atoms with van der Waals surface area (Å²) < 4.78 is 5.90. The monoisotopic (exact) mass is 285 g/mol. The quantitative estimate of drug-likeness (QED) is 0.775. The van der Waals surface area contributed by atoms with Gasteiger partial charge in [0.1, 0.15) is 12.4 Å². The van der Waals surface area contributed by atoms with Crippen LogP contribution in [0.1, 0.15) is 27.8 Å². The van der Waals surface area contributed by atoms with E-state index in [1.54, 1.807) is 6.07 Å². The predicted octanol–water partition coefficient (Wildman–Crippen LogP) is 4.49. The Hall–Kier alpha value is -1.98. The molecule has 0 N–H and O–H groups in total. The van der Waals surface area contributed by atoms with E-state index in [0.29, 0.717) is 18.1 Å². The maximum Gasteiger partial charge on any atom is 0.125 e. The number of alkyl halides is 1. The molecule has 2 rings (SSSR count). The summed E-state index contributed by atoms with van der Waals surface area (Å²) in [6.07, 6.45) is 0. The second-order valence-corrected chi connectivity index (χ2v) is 5.02. The fourth-order valence-corrected chi connectivity index (χ4v) is 2.40. The molecule has 3 heteroatoms. The smallest absolute Gasteiger partial charge is 0.125 e.